The Bertz CT molecular complexity index is 283. The molecule has 1 saturated heterocycles. The van der Waals surface area contributed by atoms with E-state index in [-0.39, 0.29) is 11.9 Å². The Morgan fingerprint density at radius 3 is 2.46 bits per heavy atom. The molecule has 1 aliphatic rings. The van der Waals surface area contributed by atoms with Gasteiger partial charge >= 0.3 is 0 Å². The third-order valence-electron chi connectivity index (χ3n) is 2.24. The highest BCUT2D eigenvalue weighted by Gasteiger charge is 2.24. The molecule has 1 aliphatic heterocycles. The quantitative estimate of drug-likeness (QED) is 0.719. The molecule has 0 saturated carbocycles. The number of ether oxygens (including phenoxy) is 1. The van der Waals surface area contributed by atoms with Crippen molar-refractivity contribution in [3.05, 3.63) is 35.6 Å². The molecule has 2 atom stereocenters. The highest BCUT2D eigenvalue weighted by atomic mass is 19.1. The van der Waals surface area contributed by atoms with Gasteiger partial charge in [-0.3, -0.25) is 0 Å². The Hall–Kier alpha value is -0.930. The first-order valence-corrected chi connectivity index (χ1v) is 4.35. The molecule has 1 aromatic carbocycles. The van der Waals surface area contributed by atoms with Crippen LogP contribution in [-0.2, 0) is 4.74 Å². The highest BCUT2D eigenvalue weighted by Crippen LogP contribution is 2.31. The molecule has 70 valence electrons. The van der Waals surface area contributed by atoms with Crippen LogP contribution in [0.25, 0.3) is 0 Å². The molecular formula is C10H11FO2. The van der Waals surface area contributed by atoms with Crippen LogP contribution in [0.5, 0.6) is 0 Å². The first-order chi connectivity index (χ1) is 6.25. The van der Waals surface area contributed by atoms with E-state index in [2.05, 4.69) is 0 Å². The van der Waals surface area contributed by atoms with Crippen molar-refractivity contribution in [1.82, 2.24) is 0 Å². The van der Waals surface area contributed by atoms with Gasteiger partial charge in [-0.05, 0) is 24.1 Å². The summed E-state index contributed by atoms with van der Waals surface area (Å²) in [5, 5.41) is 9.12. The Labute approximate surface area is 76.0 Å². The van der Waals surface area contributed by atoms with Gasteiger partial charge in [-0.2, -0.15) is 0 Å². The van der Waals surface area contributed by atoms with E-state index in [1.165, 1.54) is 12.1 Å². The van der Waals surface area contributed by atoms with Gasteiger partial charge in [-0.25, -0.2) is 4.39 Å². The first-order valence-electron chi connectivity index (χ1n) is 4.35. The van der Waals surface area contributed by atoms with Crippen LogP contribution in [0.15, 0.2) is 24.3 Å². The summed E-state index contributed by atoms with van der Waals surface area (Å²) in [4.78, 5) is 0. The minimum absolute atomic E-state index is 0.0735. The molecule has 2 rings (SSSR count). The van der Waals surface area contributed by atoms with Gasteiger partial charge in [0.05, 0.1) is 6.10 Å². The molecule has 0 spiro atoms. The van der Waals surface area contributed by atoms with Crippen LogP contribution in [0.4, 0.5) is 4.39 Å². The Morgan fingerprint density at radius 1 is 1.23 bits per heavy atom. The predicted molar refractivity (Wildman–Crippen MR) is 45.5 cm³/mol. The van der Waals surface area contributed by atoms with Crippen molar-refractivity contribution in [2.75, 3.05) is 0 Å². The van der Waals surface area contributed by atoms with Crippen molar-refractivity contribution in [1.29, 1.82) is 0 Å². The van der Waals surface area contributed by atoms with E-state index in [4.69, 9.17) is 9.84 Å². The summed E-state index contributed by atoms with van der Waals surface area (Å²) in [5.41, 5.74) is 0.929. The van der Waals surface area contributed by atoms with Gasteiger partial charge in [0.25, 0.3) is 0 Å². The molecular weight excluding hydrogens is 171 g/mol. The van der Waals surface area contributed by atoms with Crippen molar-refractivity contribution in [3.8, 4) is 0 Å². The maximum absolute atomic E-state index is 12.6. The molecule has 1 unspecified atom stereocenters. The van der Waals surface area contributed by atoms with Crippen LogP contribution < -0.4 is 0 Å². The summed E-state index contributed by atoms with van der Waals surface area (Å²) in [7, 11) is 0. The molecule has 0 amide bonds. The van der Waals surface area contributed by atoms with Gasteiger partial charge in [0, 0.05) is 6.42 Å². The first kappa shape index (κ1) is 8.66. The standard InChI is InChI=1S/C10H11FO2/c11-8-3-1-7(2-4-8)9-5-6-10(12)13-9/h1-4,9-10,12H,5-6H2/t9-,10?/m1/s1. The summed E-state index contributed by atoms with van der Waals surface area (Å²) < 4.78 is 17.8. The highest BCUT2D eigenvalue weighted by molar-refractivity contribution is 5.19. The van der Waals surface area contributed by atoms with E-state index in [1.54, 1.807) is 12.1 Å². The Balaban J connectivity index is 2.13. The average molecular weight is 182 g/mol. The number of hydrogen-bond acceptors (Lipinski definition) is 2. The summed E-state index contributed by atoms with van der Waals surface area (Å²) in [6, 6.07) is 6.20. The third-order valence-corrected chi connectivity index (χ3v) is 2.24. The van der Waals surface area contributed by atoms with Gasteiger partial charge in [0.2, 0.25) is 0 Å². The second kappa shape index (κ2) is 3.44. The minimum atomic E-state index is -0.657. The summed E-state index contributed by atoms with van der Waals surface area (Å²) in [6.45, 7) is 0. The topological polar surface area (TPSA) is 29.5 Å². The molecule has 0 bridgehead atoms. The van der Waals surface area contributed by atoms with E-state index in [0.29, 0.717) is 6.42 Å². The number of rotatable bonds is 1. The molecule has 13 heavy (non-hydrogen) atoms. The fourth-order valence-electron chi connectivity index (χ4n) is 1.54. The number of hydrogen-bond donors (Lipinski definition) is 1. The van der Waals surface area contributed by atoms with Crippen LogP contribution in [-0.4, -0.2) is 11.4 Å². The molecule has 0 radical (unpaired) electrons. The summed E-state index contributed by atoms with van der Waals surface area (Å²) in [6.07, 6.45) is 0.722. The minimum Gasteiger partial charge on any atom is -0.368 e. The van der Waals surface area contributed by atoms with Crippen LogP contribution in [0.2, 0.25) is 0 Å². The third kappa shape index (κ3) is 1.87. The second-order valence-electron chi connectivity index (χ2n) is 3.21. The molecule has 2 nitrogen and oxygen atoms in total. The molecule has 0 aliphatic carbocycles. The van der Waals surface area contributed by atoms with Gasteiger partial charge in [0.15, 0.2) is 6.29 Å². The van der Waals surface area contributed by atoms with Crippen molar-refractivity contribution in [2.45, 2.75) is 25.2 Å². The van der Waals surface area contributed by atoms with Gasteiger partial charge in [0.1, 0.15) is 5.82 Å². The van der Waals surface area contributed by atoms with Crippen molar-refractivity contribution >= 4 is 0 Å². The fraction of sp³-hybridized carbons (Fsp3) is 0.400. The number of aliphatic hydroxyl groups is 1. The van der Waals surface area contributed by atoms with Gasteiger partial charge < -0.3 is 9.84 Å². The zero-order valence-electron chi connectivity index (χ0n) is 7.11. The van der Waals surface area contributed by atoms with Crippen LogP contribution in [0.3, 0.4) is 0 Å². The molecule has 0 aromatic heterocycles. The average Bonchev–Trinajstić information content (AvgIpc) is 2.53. The van der Waals surface area contributed by atoms with Crippen LogP contribution in [0, 0.1) is 5.82 Å². The lowest BCUT2D eigenvalue weighted by Crippen LogP contribution is -2.03. The van der Waals surface area contributed by atoms with Crippen molar-refractivity contribution in [2.24, 2.45) is 0 Å². The Kier molecular flexibility index (Phi) is 2.29. The van der Waals surface area contributed by atoms with Crippen molar-refractivity contribution in [3.63, 3.8) is 0 Å². The zero-order chi connectivity index (χ0) is 9.26. The van der Waals surface area contributed by atoms with E-state index >= 15 is 0 Å². The van der Waals surface area contributed by atoms with E-state index in [0.717, 1.165) is 12.0 Å². The summed E-state index contributed by atoms with van der Waals surface area (Å²) in [5.74, 6) is -0.248. The molecule has 1 fully saturated rings. The largest absolute Gasteiger partial charge is 0.368 e. The molecule has 1 N–H and O–H groups in total. The lowest BCUT2D eigenvalue weighted by molar-refractivity contribution is -0.0914. The maximum atomic E-state index is 12.6. The van der Waals surface area contributed by atoms with Crippen LogP contribution >= 0.6 is 0 Å². The Morgan fingerprint density at radius 2 is 1.92 bits per heavy atom. The predicted octanol–water partition coefficient (Wildman–Crippen LogP) is 2.00. The monoisotopic (exact) mass is 182 g/mol. The maximum Gasteiger partial charge on any atom is 0.155 e. The molecule has 1 heterocycles. The van der Waals surface area contributed by atoms with Crippen LogP contribution in [0.1, 0.15) is 24.5 Å². The second-order valence-corrected chi connectivity index (χ2v) is 3.21. The van der Waals surface area contributed by atoms with E-state index in [9.17, 15) is 4.39 Å². The molecule has 1 aromatic rings. The number of aliphatic hydroxyl groups excluding tert-OH is 1. The number of benzene rings is 1. The van der Waals surface area contributed by atoms with Gasteiger partial charge in [-0.15, -0.1) is 0 Å². The van der Waals surface area contributed by atoms with E-state index in [1.807, 2.05) is 0 Å². The lowest BCUT2D eigenvalue weighted by atomic mass is 10.1. The van der Waals surface area contributed by atoms with Crippen molar-refractivity contribution < 1.29 is 14.2 Å². The smallest absolute Gasteiger partial charge is 0.155 e. The normalized spacial score (nSPS) is 27.8. The zero-order valence-corrected chi connectivity index (χ0v) is 7.11. The van der Waals surface area contributed by atoms with E-state index < -0.39 is 6.29 Å². The van der Waals surface area contributed by atoms with Gasteiger partial charge in [-0.1, -0.05) is 12.1 Å². The SMILES string of the molecule is OC1CC[C@H](c2ccc(F)cc2)O1. The fourth-order valence-corrected chi connectivity index (χ4v) is 1.54. The lowest BCUT2D eigenvalue weighted by Gasteiger charge is -2.10. The number of halogens is 1. The molecule has 3 heteroatoms. The summed E-state index contributed by atoms with van der Waals surface area (Å²) >= 11 is 0.